The van der Waals surface area contributed by atoms with Gasteiger partial charge in [0.2, 0.25) is 5.89 Å². The van der Waals surface area contributed by atoms with Crippen LogP contribution in [0, 0.1) is 5.92 Å². The first kappa shape index (κ1) is 13.1. The fourth-order valence-electron chi connectivity index (χ4n) is 1.15. The van der Waals surface area contributed by atoms with Crippen molar-refractivity contribution in [1.82, 2.24) is 10.1 Å². The summed E-state index contributed by atoms with van der Waals surface area (Å²) in [6.07, 6.45) is 0.930. The predicted molar refractivity (Wildman–Crippen MR) is 58.8 cm³/mol. The summed E-state index contributed by atoms with van der Waals surface area (Å²) in [6.45, 7) is 7.01. The van der Waals surface area contributed by atoms with Crippen LogP contribution in [0.1, 0.15) is 38.9 Å². The van der Waals surface area contributed by atoms with E-state index in [1.54, 1.807) is 0 Å². The third-order valence-corrected chi connectivity index (χ3v) is 2.24. The van der Waals surface area contributed by atoms with Crippen LogP contribution < -0.4 is 0 Å². The lowest BCUT2D eigenvalue weighted by Crippen LogP contribution is -2.17. The molecule has 92 valence electrons. The highest BCUT2D eigenvalue weighted by molar-refractivity contribution is 4.87. The van der Waals surface area contributed by atoms with Gasteiger partial charge in [0.25, 0.3) is 0 Å². The Kier molecular flexibility index (Phi) is 5.42. The highest BCUT2D eigenvalue weighted by atomic mass is 16.5. The van der Waals surface area contributed by atoms with E-state index in [0.717, 1.165) is 6.42 Å². The second-order valence-corrected chi connectivity index (χ2v) is 4.17. The maximum atomic E-state index is 9.64. The van der Waals surface area contributed by atoms with E-state index in [2.05, 4.69) is 10.1 Å². The van der Waals surface area contributed by atoms with Crippen LogP contribution in [-0.2, 0) is 17.8 Å². The largest absolute Gasteiger partial charge is 0.392 e. The Morgan fingerprint density at radius 2 is 2.19 bits per heavy atom. The first-order valence-electron chi connectivity index (χ1n) is 5.70. The monoisotopic (exact) mass is 228 g/mol. The molecule has 1 atom stereocenters. The fourth-order valence-corrected chi connectivity index (χ4v) is 1.15. The van der Waals surface area contributed by atoms with Crippen molar-refractivity contribution in [3.05, 3.63) is 11.7 Å². The van der Waals surface area contributed by atoms with Crippen LogP contribution in [0.25, 0.3) is 0 Å². The Balaban J connectivity index is 2.39. The first-order chi connectivity index (χ1) is 7.63. The quantitative estimate of drug-likeness (QED) is 0.717. The van der Waals surface area contributed by atoms with E-state index in [-0.39, 0.29) is 5.92 Å². The molecule has 1 rings (SSSR count). The van der Waals surface area contributed by atoms with Gasteiger partial charge in [0, 0.05) is 6.61 Å². The van der Waals surface area contributed by atoms with Crippen LogP contribution >= 0.6 is 0 Å². The Morgan fingerprint density at radius 1 is 1.44 bits per heavy atom. The lowest BCUT2D eigenvalue weighted by atomic mass is 10.0. The van der Waals surface area contributed by atoms with Gasteiger partial charge in [-0.05, 0) is 12.3 Å². The van der Waals surface area contributed by atoms with Crippen LogP contribution in [0.15, 0.2) is 4.52 Å². The highest BCUT2D eigenvalue weighted by Crippen LogP contribution is 2.08. The van der Waals surface area contributed by atoms with Crippen LogP contribution in [-0.4, -0.2) is 28.0 Å². The second kappa shape index (κ2) is 6.60. The Bertz CT molecular complexity index is 299. The molecule has 0 saturated heterocycles. The topological polar surface area (TPSA) is 68.4 Å². The van der Waals surface area contributed by atoms with Crippen molar-refractivity contribution in [3.8, 4) is 0 Å². The molecule has 1 aromatic rings. The maximum Gasteiger partial charge on any atom is 0.229 e. The van der Waals surface area contributed by atoms with Gasteiger partial charge in [0.15, 0.2) is 5.82 Å². The molecule has 5 nitrogen and oxygen atoms in total. The summed E-state index contributed by atoms with van der Waals surface area (Å²) in [7, 11) is 0. The molecule has 5 heteroatoms. The lowest BCUT2D eigenvalue weighted by molar-refractivity contribution is 0.113. The molecule has 1 heterocycles. The van der Waals surface area contributed by atoms with E-state index in [0.29, 0.717) is 31.3 Å². The predicted octanol–water partition coefficient (Wildman–Crippen LogP) is 1.56. The summed E-state index contributed by atoms with van der Waals surface area (Å²) in [5.41, 5.74) is 0. The van der Waals surface area contributed by atoms with Gasteiger partial charge in [-0.25, -0.2) is 0 Å². The van der Waals surface area contributed by atoms with Crippen LogP contribution in [0.2, 0.25) is 0 Å². The molecular formula is C11H20N2O3. The smallest absolute Gasteiger partial charge is 0.229 e. The third-order valence-electron chi connectivity index (χ3n) is 2.24. The number of hydrogen-bond donors (Lipinski definition) is 1. The van der Waals surface area contributed by atoms with E-state index in [4.69, 9.17) is 9.26 Å². The summed E-state index contributed by atoms with van der Waals surface area (Å²) in [4.78, 5) is 4.14. The molecule has 0 aliphatic rings. The summed E-state index contributed by atoms with van der Waals surface area (Å²) in [6, 6.07) is 0. The zero-order chi connectivity index (χ0) is 12.0. The molecule has 16 heavy (non-hydrogen) atoms. The molecule has 1 unspecified atom stereocenters. The average Bonchev–Trinajstić information content (AvgIpc) is 2.66. The molecule has 0 aliphatic carbocycles. The van der Waals surface area contributed by atoms with Gasteiger partial charge >= 0.3 is 0 Å². The maximum absolute atomic E-state index is 9.64. The van der Waals surface area contributed by atoms with Crippen molar-refractivity contribution in [2.75, 3.05) is 6.61 Å². The Hall–Kier alpha value is -0.940. The Morgan fingerprint density at radius 3 is 2.81 bits per heavy atom. The first-order valence-corrected chi connectivity index (χ1v) is 5.70. The number of hydrogen-bond acceptors (Lipinski definition) is 5. The van der Waals surface area contributed by atoms with Gasteiger partial charge in [-0.15, -0.1) is 0 Å². The Labute approximate surface area is 95.8 Å². The molecule has 0 spiro atoms. The summed E-state index contributed by atoms with van der Waals surface area (Å²) in [5.74, 6) is 1.20. The molecule has 0 fully saturated rings. The fraction of sp³-hybridized carbons (Fsp3) is 0.818. The molecule has 0 aliphatic heterocycles. The van der Waals surface area contributed by atoms with Crippen LogP contribution in [0.4, 0.5) is 0 Å². The molecular weight excluding hydrogens is 208 g/mol. The second-order valence-electron chi connectivity index (χ2n) is 4.17. The van der Waals surface area contributed by atoms with E-state index in [1.807, 2.05) is 20.8 Å². The number of aliphatic hydroxyl groups excluding tert-OH is 1. The van der Waals surface area contributed by atoms with Crippen molar-refractivity contribution in [3.63, 3.8) is 0 Å². The van der Waals surface area contributed by atoms with Gasteiger partial charge in [0.1, 0.15) is 6.61 Å². The molecule has 0 amide bonds. The number of aliphatic hydroxyl groups is 1. The minimum Gasteiger partial charge on any atom is -0.392 e. The number of aromatic nitrogens is 2. The molecule has 0 radical (unpaired) electrons. The normalized spacial score (nSPS) is 13.3. The number of nitrogens with zero attached hydrogens (tertiary/aromatic N) is 2. The lowest BCUT2D eigenvalue weighted by Gasteiger charge is -2.10. The van der Waals surface area contributed by atoms with Crippen LogP contribution in [0.3, 0.4) is 0 Å². The standard InChI is InChI=1S/C11H20N2O3/c1-4-5-15-7-10-12-11(16-13-10)6-9(14)8(2)3/h8-9,14H,4-7H2,1-3H3. The minimum absolute atomic E-state index is 0.187. The van der Waals surface area contributed by atoms with Crippen molar-refractivity contribution in [2.24, 2.45) is 5.92 Å². The number of ether oxygens (including phenoxy) is 1. The summed E-state index contributed by atoms with van der Waals surface area (Å²) < 4.78 is 10.3. The molecule has 0 aromatic carbocycles. The van der Waals surface area contributed by atoms with Gasteiger partial charge in [-0.1, -0.05) is 25.9 Å². The van der Waals surface area contributed by atoms with E-state index in [9.17, 15) is 5.11 Å². The van der Waals surface area contributed by atoms with Crippen molar-refractivity contribution >= 4 is 0 Å². The molecule has 0 saturated carbocycles. The molecule has 1 aromatic heterocycles. The highest BCUT2D eigenvalue weighted by Gasteiger charge is 2.15. The van der Waals surface area contributed by atoms with Crippen molar-refractivity contribution in [1.29, 1.82) is 0 Å². The molecule has 1 N–H and O–H groups in total. The van der Waals surface area contributed by atoms with Gasteiger partial charge in [-0.3, -0.25) is 0 Å². The third kappa shape index (κ3) is 4.28. The summed E-state index contributed by atoms with van der Waals surface area (Å²) in [5, 5.41) is 13.4. The minimum atomic E-state index is -0.440. The number of rotatable bonds is 7. The van der Waals surface area contributed by atoms with E-state index in [1.165, 1.54) is 0 Å². The van der Waals surface area contributed by atoms with Gasteiger partial charge in [-0.2, -0.15) is 4.98 Å². The van der Waals surface area contributed by atoms with Crippen molar-refractivity contribution < 1.29 is 14.4 Å². The zero-order valence-electron chi connectivity index (χ0n) is 10.1. The van der Waals surface area contributed by atoms with Gasteiger partial charge in [0.05, 0.1) is 12.5 Å². The molecule has 0 bridgehead atoms. The van der Waals surface area contributed by atoms with Crippen LogP contribution in [0.5, 0.6) is 0 Å². The zero-order valence-corrected chi connectivity index (χ0v) is 10.1. The van der Waals surface area contributed by atoms with E-state index >= 15 is 0 Å². The van der Waals surface area contributed by atoms with Crippen molar-refractivity contribution in [2.45, 2.75) is 46.3 Å². The summed E-state index contributed by atoms with van der Waals surface area (Å²) >= 11 is 0. The van der Waals surface area contributed by atoms with E-state index < -0.39 is 6.10 Å². The SMILES string of the molecule is CCCOCc1noc(CC(O)C(C)C)n1. The van der Waals surface area contributed by atoms with Gasteiger partial charge < -0.3 is 14.4 Å². The average molecular weight is 228 g/mol.